The minimum atomic E-state index is -1.07. The number of aliphatic carboxylic acids is 2. The number of carbonyl (C=O) groups is 2. The van der Waals surface area contributed by atoms with Crippen LogP contribution in [0.25, 0.3) is 0 Å². The predicted molar refractivity (Wildman–Crippen MR) is 79.9 cm³/mol. The summed E-state index contributed by atoms with van der Waals surface area (Å²) in [7, 11) is -1.06. The van der Waals surface area contributed by atoms with Crippen molar-refractivity contribution in [2.24, 2.45) is 4.99 Å². The Morgan fingerprint density at radius 3 is 2.81 bits per heavy atom. The van der Waals surface area contributed by atoms with Crippen molar-refractivity contribution in [3.8, 4) is 0 Å². The number of carboxylic acids is 2. The van der Waals surface area contributed by atoms with Gasteiger partial charge in [0.2, 0.25) is 0 Å². The molecule has 0 aromatic carbocycles. The maximum atomic E-state index is 11.0. The highest BCUT2D eigenvalue weighted by molar-refractivity contribution is 7.84. The monoisotopic (exact) mass is 314 g/mol. The quantitative estimate of drug-likeness (QED) is 0.577. The normalized spacial score (nSPS) is 19.9. The third-order valence-electron chi connectivity index (χ3n) is 2.81. The van der Waals surface area contributed by atoms with E-state index in [9.17, 15) is 13.8 Å². The summed E-state index contributed by atoms with van der Waals surface area (Å²) in [6, 6.07) is -0.935. The second kappa shape index (κ2) is 8.35. The molecule has 8 heteroatoms. The molecule has 0 amide bonds. The Morgan fingerprint density at radius 1 is 1.52 bits per heavy atom. The average molecular weight is 314 g/mol. The first kappa shape index (κ1) is 17.1. The van der Waals surface area contributed by atoms with Gasteiger partial charge in [-0.1, -0.05) is 0 Å². The van der Waals surface area contributed by atoms with Crippen molar-refractivity contribution < 1.29 is 24.0 Å². The van der Waals surface area contributed by atoms with Crippen LogP contribution in [-0.2, 0) is 20.4 Å². The Balaban J connectivity index is 2.71. The lowest BCUT2D eigenvalue weighted by molar-refractivity contribution is -0.138. The van der Waals surface area contributed by atoms with Crippen molar-refractivity contribution in [2.75, 3.05) is 18.6 Å². The van der Waals surface area contributed by atoms with Crippen LogP contribution in [0.2, 0.25) is 0 Å². The minimum absolute atomic E-state index is 0.108. The third-order valence-corrected chi connectivity index (χ3v) is 3.62. The lowest BCUT2D eigenvalue weighted by atomic mass is 10.1. The zero-order chi connectivity index (χ0) is 15.8. The summed E-state index contributed by atoms with van der Waals surface area (Å²) >= 11 is 0. The molecule has 0 aromatic rings. The molecule has 0 spiro atoms. The number of carboxylic acid groups (broad SMARTS) is 2. The molecule has 0 aliphatic carbocycles. The number of nitrogens with one attached hydrogen (secondary N) is 1. The van der Waals surface area contributed by atoms with Crippen molar-refractivity contribution in [3.63, 3.8) is 0 Å². The van der Waals surface area contributed by atoms with Crippen LogP contribution in [-0.4, -0.2) is 57.2 Å². The molecule has 116 valence electrons. The van der Waals surface area contributed by atoms with Gasteiger partial charge in [0.25, 0.3) is 0 Å². The van der Waals surface area contributed by atoms with E-state index in [-0.39, 0.29) is 17.9 Å². The molecule has 0 radical (unpaired) electrons. The molecule has 0 bridgehead atoms. The van der Waals surface area contributed by atoms with Gasteiger partial charge in [-0.15, -0.1) is 0 Å². The Morgan fingerprint density at radius 2 is 2.24 bits per heavy atom. The lowest BCUT2D eigenvalue weighted by Crippen LogP contribution is -2.25. The van der Waals surface area contributed by atoms with E-state index in [1.165, 1.54) is 18.5 Å². The summed E-state index contributed by atoms with van der Waals surface area (Å²) in [6.07, 6.45) is 6.82. The van der Waals surface area contributed by atoms with Crippen LogP contribution >= 0.6 is 0 Å². The molecule has 0 saturated heterocycles. The van der Waals surface area contributed by atoms with Crippen molar-refractivity contribution in [1.82, 2.24) is 5.32 Å². The zero-order valence-electron chi connectivity index (χ0n) is 11.6. The SMILES string of the molecule is CS(=O)CCC(N=CC=C1C=C(C(=O)O)NCC1)C(=O)O. The number of hydrogen-bond acceptors (Lipinski definition) is 5. The van der Waals surface area contributed by atoms with Gasteiger partial charge in [0.1, 0.15) is 11.7 Å². The van der Waals surface area contributed by atoms with E-state index < -0.39 is 28.8 Å². The first-order valence-electron chi connectivity index (χ1n) is 6.34. The standard InChI is InChI=1S/C13H18N2O5S/c1-21(20)7-4-10(12(16)17)14-5-2-9-3-6-15-11(8-9)13(18)19/h2,5,8,10,15H,3-4,6-7H2,1H3,(H,16,17)(H,18,19). The molecule has 1 aliphatic heterocycles. The number of hydrogen-bond donors (Lipinski definition) is 3. The molecule has 1 rings (SSSR count). The van der Waals surface area contributed by atoms with E-state index in [1.54, 1.807) is 6.08 Å². The minimum Gasteiger partial charge on any atom is -0.480 e. The molecule has 0 aromatic heterocycles. The summed E-state index contributed by atoms with van der Waals surface area (Å²) < 4.78 is 11.0. The molecule has 3 N–H and O–H groups in total. The summed E-state index contributed by atoms with van der Waals surface area (Å²) in [4.78, 5) is 25.8. The molecule has 2 atom stereocenters. The summed E-state index contributed by atoms with van der Waals surface area (Å²) in [5.74, 6) is -1.83. The van der Waals surface area contributed by atoms with Crippen molar-refractivity contribution in [3.05, 3.63) is 23.4 Å². The van der Waals surface area contributed by atoms with Crippen LogP contribution in [0.3, 0.4) is 0 Å². The number of aliphatic imine (C=N–C) groups is 1. The van der Waals surface area contributed by atoms with Gasteiger partial charge in [-0.05, 0) is 30.6 Å². The smallest absolute Gasteiger partial charge is 0.351 e. The average Bonchev–Trinajstić information content (AvgIpc) is 2.42. The molecular weight excluding hydrogens is 296 g/mol. The van der Waals surface area contributed by atoms with Crippen LogP contribution in [0, 0.1) is 0 Å². The van der Waals surface area contributed by atoms with Gasteiger partial charge < -0.3 is 15.5 Å². The van der Waals surface area contributed by atoms with E-state index in [0.717, 1.165) is 5.57 Å². The van der Waals surface area contributed by atoms with E-state index in [4.69, 9.17) is 10.2 Å². The second-order valence-electron chi connectivity index (χ2n) is 4.50. The van der Waals surface area contributed by atoms with E-state index in [1.807, 2.05) is 0 Å². The summed E-state index contributed by atoms with van der Waals surface area (Å²) in [5, 5.41) is 20.6. The van der Waals surface area contributed by atoms with Gasteiger partial charge in [-0.25, -0.2) is 9.59 Å². The molecule has 2 unspecified atom stereocenters. The molecule has 0 fully saturated rings. The third kappa shape index (κ3) is 6.35. The molecule has 7 nitrogen and oxygen atoms in total. The molecule has 0 saturated carbocycles. The van der Waals surface area contributed by atoms with Crippen LogP contribution in [0.5, 0.6) is 0 Å². The first-order chi connectivity index (χ1) is 9.90. The van der Waals surface area contributed by atoms with Gasteiger partial charge in [0, 0.05) is 35.6 Å². The van der Waals surface area contributed by atoms with E-state index in [0.29, 0.717) is 13.0 Å². The Hall–Kier alpha value is -1.96. The fourth-order valence-electron chi connectivity index (χ4n) is 1.70. The van der Waals surface area contributed by atoms with Gasteiger partial charge in [0.15, 0.2) is 0 Å². The van der Waals surface area contributed by atoms with Gasteiger partial charge >= 0.3 is 11.9 Å². The van der Waals surface area contributed by atoms with Gasteiger partial charge in [-0.2, -0.15) is 0 Å². The van der Waals surface area contributed by atoms with Gasteiger partial charge in [-0.3, -0.25) is 9.20 Å². The van der Waals surface area contributed by atoms with Crippen LogP contribution in [0.4, 0.5) is 0 Å². The zero-order valence-corrected chi connectivity index (χ0v) is 12.4. The van der Waals surface area contributed by atoms with Crippen LogP contribution < -0.4 is 5.32 Å². The largest absolute Gasteiger partial charge is 0.480 e. The fraction of sp³-hybridized carbons (Fsp3) is 0.462. The van der Waals surface area contributed by atoms with Crippen molar-refractivity contribution >= 4 is 29.0 Å². The van der Waals surface area contributed by atoms with E-state index >= 15 is 0 Å². The summed E-state index contributed by atoms with van der Waals surface area (Å²) in [5.41, 5.74) is 0.871. The molecule has 21 heavy (non-hydrogen) atoms. The topological polar surface area (TPSA) is 116 Å². The highest BCUT2D eigenvalue weighted by Gasteiger charge is 2.15. The summed E-state index contributed by atoms with van der Waals surface area (Å²) in [6.45, 7) is 0.509. The Labute approximate surface area is 124 Å². The van der Waals surface area contributed by atoms with Crippen LogP contribution in [0.15, 0.2) is 28.4 Å². The maximum Gasteiger partial charge on any atom is 0.351 e. The van der Waals surface area contributed by atoms with Crippen molar-refractivity contribution in [1.29, 1.82) is 0 Å². The number of allylic oxidation sites excluding steroid dienone is 2. The Kier molecular flexibility index (Phi) is 6.80. The number of nitrogens with zero attached hydrogens (tertiary/aromatic N) is 1. The molecule has 1 aliphatic rings. The molecular formula is C13H18N2O5S. The highest BCUT2D eigenvalue weighted by Crippen LogP contribution is 2.10. The fourth-order valence-corrected chi connectivity index (χ4v) is 2.26. The van der Waals surface area contributed by atoms with Gasteiger partial charge in [0.05, 0.1) is 0 Å². The van der Waals surface area contributed by atoms with E-state index in [2.05, 4.69) is 10.3 Å². The predicted octanol–water partition coefficient (Wildman–Crippen LogP) is 0.167. The van der Waals surface area contributed by atoms with Crippen LogP contribution in [0.1, 0.15) is 12.8 Å². The lowest BCUT2D eigenvalue weighted by Gasteiger charge is -2.14. The number of rotatable bonds is 7. The Bertz CT molecular complexity index is 525. The highest BCUT2D eigenvalue weighted by atomic mass is 32.2. The molecule has 1 heterocycles. The second-order valence-corrected chi connectivity index (χ2v) is 6.05. The first-order valence-corrected chi connectivity index (χ1v) is 8.07. The van der Waals surface area contributed by atoms with Crippen molar-refractivity contribution in [2.45, 2.75) is 18.9 Å². The maximum absolute atomic E-state index is 11.0.